The van der Waals surface area contributed by atoms with Crippen LogP contribution in [-0.2, 0) is 7.05 Å². The summed E-state index contributed by atoms with van der Waals surface area (Å²) in [4.78, 5) is 16.3. The smallest absolute Gasteiger partial charge is 0.258 e. The number of rotatable bonds is 1. The van der Waals surface area contributed by atoms with E-state index in [1.807, 2.05) is 24.3 Å². The van der Waals surface area contributed by atoms with Crippen LogP contribution in [0, 0.1) is 0 Å². The number of fused-ring (bicyclic) bond motifs is 1. The van der Waals surface area contributed by atoms with E-state index in [0.717, 1.165) is 35.3 Å². The van der Waals surface area contributed by atoms with Crippen molar-refractivity contribution >= 4 is 16.6 Å². The van der Waals surface area contributed by atoms with Crippen LogP contribution in [0.4, 0.5) is 0 Å². The van der Waals surface area contributed by atoms with Crippen molar-refractivity contribution < 1.29 is 0 Å². The first-order valence-electron chi connectivity index (χ1n) is 5.64. The standard InChI is InChI=1S/C13H13N3O/c1-16-7-4-9-8-10(12-14-5-6-15-12)2-3-11(9)13(16)17/h2-4,7-8H,5-6H2,1H3,(H,14,15). The third-order valence-corrected chi connectivity index (χ3v) is 3.03. The first-order chi connectivity index (χ1) is 8.25. The van der Waals surface area contributed by atoms with Crippen LogP contribution in [0.15, 0.2) is 40.2 Å². The fourth-order valence-corrected chi connectivity index (χ4v) is 2.08. The summed E-state index contributed by atoms with van der Waals surface area (Å²) in [7, 11) is 1.76. The molecule has 86 valence electrons. The normalized spacial score (nSPS) is 14.8. The van der Waals surface area contributed by atoms with Gasteiger partial charge < -0.3 is 9.88 Å². The number of aliphatic imine (C=N–C) groups is 1. The van der Waals surface area contributed by atoms with E-state index in [-0.39, 0.29) is 5.56 Å². The van der Waals surface area contributed by atoms with Gasteiger partial charge in [-0.2, -0.15) is 0 Å². The zero-order valence-electron chi connectivity index (χ0n) is 9.60. The molecule has 0 fully saturated rings. The van der Waals surface area contributed by atoms with Crippen molar-refractivity contribution in [1.82, 2.24) is 9.88 Å². The van der Waals surface area contributed by atoms with E-state index in [4.69, 9.17) is 0 Å². The lowest BCUT2D eigenvalue weighted by Crippen LogP contribution is -2.20. The van der Waals surface area contributed by atoms with Gasteiger partial charge in [0, 0.05) is 30.7 Å². The molecular formula is C13H13N3O. The quantitative estimate of drug-likeness (QED) is 0.786. The van der Waals surface area contributed by atoms with E-state index in [9.17, 15) is 4.79 Å². The summed E-state index contributed by atoms with van der Waals surface area (Å²) < 4.78 is 1.59. The van der Waals surface area contributed by atoms with Gasteiger partial charge in [0.1, 0.15) is 5.84 Å². The highest BCUT2D eigenvalue weighted by Gasteiger charge is 2.09. The summed E-state index contributed by atoms with van der Waals surface area (Å²) in [6.07, 6.45) is 1.79. The van der Waals surface area contributed by atoms with Crippen molar-refractivity contribution in [3.63, 3.8) is 0 Å². The molecule has 0 spiro atoms. The van der Waals surface area contributed by atoms with Crippen LogP contribution < -0.4 is 10.9 Å². The molecule has 0 amide bonds. The van der Waals surface area contributed by atoms with Gasteiger partial charge in [-0.1, -0.05) is 6.07 Å². The largest absolute Gasteiger partial charge is 0.368 e. The van der Waals surface area contributed by atoms with Crippen molar-refractivity contribution in [2.45, 2.75) is 0 Å². The molecule has 0 aliphatic carbocycles. The Balaban J connectivity index is 2.20. The average Bonchev–Trinajstić information content (AvgIpc) is 2.87. The number of aromatic nitrogens is 1. The zero-order valence-corrected chi connectivity index (χ0v) is 9.60. The molecule has 0 radical (unpaired) electrons. The van der Waals surface area contributed by atoms with Crippen LogP contribution in [0.25, 0.3) is 10.8 Å². The van der Waals surface area contributed by atoms with Gasteiger partial charge in [0.15, 0.2) is 0 Å². The maximum absolute atomic E-state index is 11.9. The van der Waals surface area contributed by atoms with E-state index in [1.54, 1.807) is 17.8 Å². The summed E-state index contributed by atoms with van der Waals surface area (Å²) in [5, 5.41) is 4.94. The van der Waals surface area contributed by atoms with Gasteiger partial charge in [-0.05, 0) is 23.6 Å². The SMILES string of the molecule is Cn1ccc2cc(C3=NCCN3)ccc2c1=O. The molecule has 3 rings (SSSR count). The highest BCUT2D eigenvalue weighted by Crippen LogP contribution is 2.13. The van der Waals surface area contributed by atoms with E-state index in [2.05, 4.69) is 10.3 Å². The van der Waals surface area contributed by atoms with Crippen LogP contribution in [0.1, 0.15) is 5.56 Å². The second kappa shape index (κ2) is 3.73. The molecule has 4 heteroatoms. The minimum atomic E-state index is 0.0374. The van der Waals surface area contributed by atoms with E-state index < -0.39 is 0 Å². The molecule has 1 aromatic carbocycles. The Hall–Kier alpha value is -2.10. The summed E-state index contributed by atoms with van der Waals surface area (Å²) in [6.45, 7) is 1.72. The summed E-state index contributed by atoms with van der Waals surface area (Å²) in [5.74, 6) is 0.924. The van der Waals surface area contributed by atoms with Gasteiger partial charge >= 0.3 is 0 Å². The molecule has 1 aliphatic heterocycles. The van der Waals surface area contributed by atoms with Crippen LogP contribution in [0.3, 0.4) is 0 Å². The van der Waals surface area contributed by atoms with Crippen molar-refractivity contribution in [3.05, 3.63) is 46.4 Å². The highest BCUT2D eigenvalue weighted by atomic mass is 16.1. The third kappa shape index (κ3) is 1.62. The lowest BCUT2D eigenvalue weighted by molar-refractivity contribution is 0.873. The molecule has 17 heavy (non-hydrogen) atoms. The van der Waals surface area contributed by atoms with Crippen molar-refractivity contribution in [3.8, 4) is 0 Å². The Morgan fingerprint density at radius 2 is 2.24 bits per heavy atom. The number of hydrogen-bond donors (Lipinski definition) is 1. The van der Waals surface area contributed by atoms with Crippen molar-refractivity contribution in [2.24, 2.45) is 12.0 Å². The predicted molar refractivity (Wildman–Crippen MR) is 68.6 cm³/mol. The number of pyridine rings is 1. The number of nitrogens with zero attached hydrogens (tertiary/aromatic N) is 2. The average molecular weight is 227 g/mol. The van der Waals surface area contributed by atoms with Gasteiger partial charge in [-0.25, -0.2) is 0 Å². The molecule has 2 heterocycles. The first-order valence-corrected chi connectivity index (χ1v) is 5.64. The lowest BCUT2D eigenvalue weighted by Gasteiger charge is -2.05. The second-order valence-electron chi connectivity index (χ2n) is 4.19. The highest BCUT2D eigenvalue weighted by molar-refractivity contribution is 6.02. The molecular weight excluding hydrogens is 214 g/mol. The molecule has 1 N–H and O–H groups in total. The minimum absolute atomic E-state index is 0.0374. The Morgan fingerprint density at radius 3 is 3.00 bits per heavy atom. The lowest BCUT2D eigenvalue weighted by atomic mass is 10.1. The monoisotopic (exact) mass is 227 g/mol. The van der Waals surface area contributed by atoms with Crippen LogP contribution in [0.5, 0.6) is 0 Å². The molecule has 2 aromatic rings. The number of benzene rings is 1. The summed E-state index contributed by atoms with van der Waals surface area (Å²) >= 11 is 0. The van der Waals surface area contributed by atoms with Crippen molar-refractivity contribution in [1.29, 1.82) is 0 Å². The minimum Gasteiger partial charge on any atom is -0.368 e. The molecule has 0 bridgehead atoms. The topological polar surface area (TPSA) is 46.4 Å². The first kappa shape index (κ1) is 10.1. The Morgan fingerprint density at radius 1 is 1.35 bits per heavy atom. The van der Waals surface area contributed by atoms with Crippen LogP contribution >= 0.6 is 0 Å². The Bertz CT molecular complexity index is 670. The number of nitrogens with one attached hydrogen (secondary N) is 1. The van der Waals surface area contributed by atoms with E-state index in [0.29, 0.717) is 0 Å². The van der Waals surface area contributed by atoms with E-state index >= 15 is 0 Å². The molecule has 1 aliphatic rings. The van der Waals surface area contributed by atoms with Gasteiger partial charge in [-0.15, -0.1) is 0 Å². The summed E-state index contributed by atoms with van der Waals surface area (Å²) in [6, 6.07) is 7.78. The molecule has 0 saturated heterocycles. The predicted octanol–water partition coefficient (Wildman–Crippen LogP) is 0.888. The molecule has 0 saturated carbocycles. The van der Waals surface area contributed by atoms with E-state index in [1.165, 1.54) is 0 Å². The fraction of sp³-hybridized carbons (Fsp3) is 0.231. The maximum Gasteiger partial charge on any atom is 0.258 e. The fourth-order valence-electron chi connectivity index (χ4n) is 2.08. The molecule has 1 aromatic heterocycles. The van der Waals surface area contributed by atoms with Crippen LogP contribution in [-0.4, -0.2) is 23.5 Å². The van der Waals surface area contributed by atoms with Crippen molar-refractivity contribution in [2.75, 3.05) is 13.1 Å². The van der Waals surface area contributed by atoms with Crippen LogP contribution in [0.2, 0.25) is 0 Å². The molecule has 0 unspecified atom stereocenters. The maximum atomic E-state index is 11.9. The Kier molecular flexibility index (Phi) is 2.21. The number of amidine groups is 1. The zero-order chi connectivity index (χ0) is 11.8. The Labute approximate surface area is 98.6 Å². The summed E-state index contributed by atoms with van der Waals surface area (Å²) in [5.41, 5.74) is 1.08. The van der Waals surface area contributed by atoms with Gasteiger partial charge in [-0.3, -0.25) is 9.79 Å². The van der Waals surface area contributed by atoms with Gasteiger partial charge in [0.25, 0.3) is 5.56 Å². The van der Waals surface area contributed by atoms with Gasteiger partial charge in [0.05, 0.1) is 6.54 Å². The molecule has 0 atom stereocenters. The number of aryl methyl sites for hydroxylation is 1. The number of hydrogen-bond acceptors (Lipinski definition) is 3. The second-order valence-corrected chi connectivity index (χ2v) is 4.19. The van der Waals surface area contributed by atoms with Gasteiger partial charge in [0.2, 0.25) is 0 Å². The third-order valence-electron chi connectivity index (χ3n) is 3.03. The molecule has 4 nitrogen and oxygen atoms in total.